The maximum absolute atomic E-state index is 12.8. The molecular formula is C31H27F3N6O3S. The molecule has 44 heavy (non-hydrogen) atoms. The van der Waals surface area contributed by atoms with Crippen LogP contribution in [0, 0.1) is 20.8 Å². The summed E-state index contributed by atoms with van der Waals surface area (Å²) >= 11 is 1.26. The second-order valence-corrected chi connectivity index (χ2v) is 11.7. The maximum atomic E-state index is 12.8. The number of nitrogens with one attached hydrogen (secondary N) is 1. The van der Waals surface area contributed by atoms with Crippen molar-refractivity contribution in [1.82, 2.24) is 20.1 Å². The fourth-order valence-electron chi connectivity index (χ4n) is 5.39. The second kappa shape index (κ2) is 11.5. The first-order valence-corrected chi connectivity index (χ1v) is 14.7. The van der Waals surface area contributed by atoms with Crippen LogP contribution in [0.4, 0.5) is 23.7 Å². The topological polar surface area (TPSA) is 102 Å². The fraction of sp³-hybridized carbons (Fsp3) is 0.258. The molecule has 13 heteroatoms. The van der Waals surface area contributed by atoms with E-state index in [1.54, 1.807) is 4.90 Å². The molecule has 1 aromatic heterocycles. The standard InChI is InChI=1S/C31H27F3N6O3S/c1-17-12-18(2)27(19(3)13-17)40-26(41)15-44-30(40)37-29(42)36-25-14-24(25)20-4-6-21(7-5-20)28-35-16-39(38-28)22-8-10-23(11-9-22)43-31(32,33)34/h4-13,16,24-25H,14-15H2,1-3H3,(H,36,42). The highest BCUT2D eigenvalue weighted by Gasteiger charge is 2.40. The zero-order valence-corrected chi connectivity index (χ0v) is 24.7. The summed E-state index contributed by atoms with van der Waals surface area (Å²) in [6, 6.07) is 16.5. The molecule has 9 nitrogen and oxygen atoms in total. The number of benzene rings is 3. The van der Waals surface area contributed by atoms with Gasteiger partial charge in [-0.15, -0.1) is 18.3 Å². The molecule has 2 unspecified atom stereocenters. The summed E-state index contributed by atoms with van der Waals surface area (Å²) in [4.78, 5) is 35.7. The number of halogens is 3. The zero-order chi connectivity index (χ0) is 31.2. The van der Waals surface area contributed by atoms with Crippen LogP contribution in [0.2, 0.25) is 0 Å². The number of urea groups is 1. The Labute approximate surface area is 255 Å². The number of aromatic nitrogens is 3. The lowest BCUT2D eigenvalue weighted by Gasteiger charge is -2.21. The average molecular weight is 621 g/mol. The van der Waals surface area contributed by atoms with E-state index in [1.807, 2.05) is 57.2 Å². The van der Waals surface area contributed by atoms with Crippen LogP contribution in [0.3, 0.4) is 0 Å². The molecular weight excluding hydrogens is 593 g/mol. The van der Waals surface area contributed by atoms with Crippen molar-refractivity contribution < 1.29 is 27.5 Å². The minimum atomic E-state index is -4.76. The van der Waals surface area contributed by atoms with Crippen LogP contribution in [0.25, 0.3) is 17.1 Å². The van der Waals surface area contributed by atoms with Crippen LogP contribution in [-0.4, -0.2) is 50.0 Å². The lowest BCUT2D eigenvalue weighted by Crippen LogP contribution is -2.33. The van der Waals surface area contributed by atoms with Crippen molar-refractivity contribution in [2.75, 3.05) is 10.7 Å². The Kier molecular flexibility index (Phi) is 7.66. The van der Waals surface area contributed by atoms with Crippen LogP contribution in [0.5, 0.6) is 5.75 Å². The second-order valence-electron chi connectivity index (χ2n) is 10.7. The molecule has 226 valence electrons. The summed E-state index contributed by atoms with van der Waals surface area (Å²) in [5.74, 6) is 0.394. The number of alkyl halides is 3. The number of thioether (sulfide) groups is 1. The molecule has 0 radical (unpaired) electrons. The van der Waals surface area contributed by atoms with E-state index >= 15 is 0 Å². The van der Waals surface area contributed by atoms with Crippen LogP contribution >= 0.6 is 11.8 Å². The average Bonchev–Trinajstić information content (AvgIpc) is 3.36. The quantitative estimate of drug-likeness (QED) is 0.266. The number of hydrogen-bond donors (Lipinski definition) is 1. The molecule has 2 aliphatic rings. The van der Waals surface area contributed by atoms with Gasteiger partial charge in [0.25, 0.3) is 0 Å². The molecule has 0 bridgehead atoms. The summed E-state index contributed by atoms with van der Waals surface area (Å²) in [6.45, 7) is 5.90. The number of aliphatic imine (C=N–C) groups is 1. The third kappa shape index (κ3) is 6.32. The van der Waals surface area contributed by atoms with E-state index in [9.17, 15) is 22.8 Å². The van der Waals surface area contributed by atoms with Gasteiger partial charge in [0.2, 0.25) is 5.91 Å². The van der Waals surface area contributed by atoms with E-state index in [1.165, 1.54) is 47.0 Å². The molecule has 3 aromatic carbocycles. The molecule has 1 aliphatic heterocycles. The van der Waals surface area contributed by atoms with Gasteiger partial charge < -0.3 is 10.1 Å². The van der Waals surface area contributed by atoms with Gasteiger partial charge in [0.15, 0.2) is 11.0 Å². The number of carbonyl (C=O) groups excluding carboxylic acids is 2. The number of hydrogen-bond acceptors (Lipinski definition) is 6. The van der Waals surface area contributed by atoms with Gasteiger partial charge in [0, 0.05) is 17.5 Å². The van der Waals surface area contributed by atoms with Gasteiger partial charge in [-0.3, -0.25) is 9.69 Å². The van der Waals surface area contributed by atoms with Gasteiger partial charge in [-0.25, -0.2) is 14.5 Å². The van der Waals surface area contributed by atoms with Crippen molar-refractivity contribution in [2.45, 2.75) is 45.5 Å². The number of amidine groups is 1. The van der Waals surface area contributed by atoms with E-state index < -0.39 is 12.4 Å². The Morgan fingerprint density at radius 1 is 1.05 bits per heavy atom. The first kappa shape index (κ1) is 29.4. The molecule has 6 rings (SSSR count). The summed E-state index contributed by atoms with van der Waals surface area (Å²) in [5.41, 5.74) is 6.12. The molecule has 4 aromatic rings. The Bertz CT molecular complexity index is 1750. The number of amides is 3. The van der Waals surface area contributed by atoms with Gasteiger partial charge in [-0.1, -0.05) is 53.7 Å². The van der Waals surface area contributed by atoms with Crippen molar-refractivity contribution >= 4 is 34.6 Å². The first-order chi connectivity index (χ1) is 20.9. The lowest BCUT2D eigenvalue weighted by molar-refractivity contribution is -0.274. The highest BCUT2D eigenvalue weighted by atomic mass is 32.2. The predicted molar refractivity (Wildman–Crippen MR) is 161 cm³/mol. The molecule has 2 fully saturated rings. The van der Waals surface area contributed by atoms with Gasteiger partial charge in [0.05, 0.1) is 17.1 Å². The molecule has 3 amide bonds. The third-order valence-corrected chi connectivity index (χ3v) is 8.27. The van der Waals surface area contributed by atoms with Gasteiger partial charge in [0.1, 0.15) is 12.1 Å². The van der Waals surface area contributed by atoms with Crippen LogP contribution < -0.4 is 15.0 Å². The number of aryl methyl sites for hydroxylation is 3. The Morgan fingerprint density at radius 2 is 1.73 bits per heavy atom. The number of nitrogens with zero attached hydrogens (tertiary/aromatic N) is 5. The molecule has 1 aliphatic carbocycles. The molecule has 1 saturated heterocycles. The fourth-order valence-corrected chi connectivity index (χ4v) is 6.24. The van der Waals surface area contributed by atoms with Gasteiger partial charge in [-0.2, -0.15) is 4.99 Å². The minimum absolute atomic E-state index is 0.0715. The lowest BCUT2D eigenvalue weighted by atomic mass is 10.0. The Hall–Kier alpha value is -4.65. The number of carbonyl (C=O) groups is 2. The van der Waals surface area contributed by atoms with Gasteiger partial charge >= 0.3 is 12.4 Å². The van der Waals surface area contributed by atoms with Crippen LogP contribution in [0.15, 0.2) is 72.0 Å². The SMILES string of the molecule is Cc1cc(C)c(N2C(=O)CSC2=NC(=O)NC2CC2c2ccc(-c3ncn(-c4ccc(OC(F)(F)F)cc4)n3)cc2)c(C)c1. The van der Waals surface area contributed by atoms with E-state index in [4.69, 9.17) is 0 Å². The van der Waals surface area contributed by atoms with Crippen LogP contribution in [-0.2, 0) is 4.79 Å². The predicted octanol–water partition coefficient (Wildman–Crippen LogP) is 6.46. The third-order valence-electron chi connectivity index (χ3n) is 7.34. The summed E-state index contributed by atoms with van der Waals surface area (Å²) in [6.07, 6.45) is -2.51. The van der Waals surface area contributed by atoms with E-state index in [2.05, 4.69) is 25.1 Å². The minimum Gasteiger partial charge on any atom is -0.406 e. The summed E-state index contributed by atoms with van der Waals surface area (Å²) in [5, 5.41) is 7.78. The van der Waals surface area contributed by atoms with Crippen molar-refractivity contribution in [2.24, 2.45) is 4.99 Å². The maximum Gasteiger partial charge on any atom is 0.573 e. The molecule has 2 heterocycles. The summed E-state index contributed by atoms with van der Waals surface area (Å²) in [7, 11) is 0. The number of anilines is 1. The highest BCUT2D eigenvalue weighted by Crippen LogP contribution is 2.41. The molecule has 2 atom stereocenters. The Balaban J connectivity index is 1.08. The molecule has 1 N–H and O–H groups in total. The number of ether oxygens (including phenoxy) is 1. The van der Waals surface area contributed by atoms with E-state index in [-0.39, 0.29) is 29.4 Å². The smallest absolute Gasteiger partial charge is 0.406 e. The zero-order valence-electron chi connectivity index (χ0n) is 23.9. The van der Waals surface area contributed by atoms with Crippen LogP contribution in [0.1, 0.15) is 34.6 Å². The van der Waals surface area contributed by atoms with Crippen molar-refractivity contribution in [1.29, 1.82) is 0 Å². The number of rotatable bonds is 6. The Morgan fingerprint density at radius 3 is 2.39 bits per heavy atom. The summed E-state index contributed by atoms with van der Waals surface area (Å²) < 4.78 is 42.6. The first-order valence-electron chi connectivity index (χ1n) is 13.8. The van der Waals surface area contributed by atoms with E-state index in [0.29, 0.717) is 16.7 Å². The highest BCUT2D eigenvalue weighted by molar-refractivity contribution is 8.15. The molecule has 0 spiro atoms. The normalized spacial score (nSPS) is 19.0. The van der Waals surface area contributed by atoms with Crippen molar-refractivity contribution in [3.63, 3.8) is 0 Å². The van der Waals surface area contributed by atoms with Gasteiger partial charge in [-0.05, 0) is 68.1 Å². The van der Waals surface area contributed by atoms with E-state index in [0.717, 1.165) is 39.9 Å². The van der Waals surface area contributed by atoms with Crippen molar-refractivity contribution in [3.05, 3.63) is 89.2 Å². The largest absolute Gasteiger partial charge is 0.573 e. The monoisotopic (exact) mass is 620 g/mol. The molecule has 1 saturated carbocycles. The van der Waals surface area contributed by atoms with Crippen molar-refractivity contribution in [3.8, 4) is 22.8 Å².